The molecule has 2 fully saturated rings. The van der Waals surface area contributed by atoms with Gasteiger partial charge in [-0.05, 0) is 42.9 Å². The molecule has 4 atom stereocenters. The number of carbonyl (C=O) groups excluding carboxylic acids is 1. The van der Waals surface area contributed by atoms with Crippen LogP contribution in [0.4, 0.5) is 0 Å². The molecule has 1 heteroatoms. The molecule has 0 radical (unpaired) electrons. The van der Waals surface area contributed by atoms with Crippen molar-refractivity contribution < 1.29 is 4.79 Å². The Morgan fingerprint density at radius 1 is 1.25 bits per heavy atom. The zero-order chi connectivity index (χ0) is 11.2. The Labute approximate surface area is 98.3 Å². The molecule has 0 unspecified atom stereocenters. The van der Waals surface area contributed by atoms with Crippen molar-refractivity contribution in [1.82, 2.24) is 0 Å². The number of fused-ring (bicyclic) bond motifs is 3. The number of allylic oxidation sites excluding steroid dienone is 2. The fourth-order valence-electron chi connectivity index (χ4n) is 4.59. The molecule has 2 saturated carbocycles. The molecule has 0 aliphatic heterocycles. The number of Topliss-reactive ketones (excluding diaryl/α,β-unsaturated/α-hetero) is 1. The molecule has 0 aromatic rings. The van der Waals surface area contributed by atoms with Gasteiger partial charge in [0, 0.05) is 12.3 Å². The molecule has 0 aromatic heterocycles. The lowest BCUT2D eigenvalue weighted by Crippen LogP contribution is -2.49. The van der Waals surface area contributed by atoms with E-state index in [1.165, 1.54) is 25.7 Å². The molecule has 3 rings (SSSR count). The van der Waals surface area contributed by atoms with Crippen LogP contribution < -0.4 is 0 Å². The lowest BCUT2D eigenvalue weighted by molar-refractivity contribution is -0.136. The van der Waals surface area contributed by atoms with Gasteiger partial charge in [0.05, 0.1) is 0 Å². The third-order valence-corrected chi connectivity index (χ3v) is 5.41. The van der Waals surface area contributed by atoms with E-state index in [4.69, 9.17) is 0 Å². The Kier molecular flexibility index (Phi) is 2.45. The van der Waals surface area contributed by atoms with Gasteiger partial charge in [0.2, 0.25) is 0 Å². The van der Waals surface area contributed by atoms with Crippen LogP contribution in [-0.4, -0.2) is 5.78 Å². The molecule has 0 amide bonds. The molecule has 1 nitrogen and oxygen atoms in total. The third kappa shape index (κ3) is 1.40. The molecule has 0 spiro atoms. The van der Waals surface area contributed by atoms with E-state index in [9.17, 15) is 4.79 Å². The van der Waals surface area contributed by atoms with E-state index in [0.29, 0.717) is 17.6 Å². The molecular weight excluding hydrogens is 196 g/mol. The molecule has 3 aliphatic rings. The average molecular weight is 218 g/mol. The van der Waals surface area contributed by atoms with Crippen LogP contribution in [0.5, 0.6) is 0 Å². The Balaban J connectivity index is 1.97. The first kappa shape index (κ1) is 10.6. The van der Waals surface area contributed by atoms with Crippen LogP contribution >= 0.6 is 0 Å². The molecule has 3 aliphatic carbocycles. The Morgan fingerprint density at radius 3 is 2.94 bits per heavy atom. The molecule has 0 bridgehead atoms. The maximum absolute atomic E-state index is 12.3. The second kappa shape index (κ2) is 3.72. The standard InChI is InChI=1S/C15H22O/c1-15-9-5-4-8-13(15)14(16)10-11-6-2-3-7-12(11)15/h5,9,11-13H,2-4,6-8,10H2,1H3/t11-,12+,13+,15+/m1/s1. The van der Waals surface area contributed by atoms with Crippen LogP contribution in [0.1, 0.15) is 51.9 Å². The number of hydrogen-bond acceptors (Lipinski definition) is 1. The molecule has 0 aromatic carbocycles. The van der Waals surface area contributed by atoms with Crippen LogP contribution in [-0.2, 0) is 4.79 Å². The molecule has 16 heavy (non-hydrogen) atoms. The summed E-state index contributed by atoms with van der Waals surface area (Å²) in [5, 5.41) is 0. The van der Waals surface area contributed by atoms with Crippen molar-refractivity contribution in [3.05, 3.63) is 12.2 Å². The fourth-order valence-corrected chi connectivity index (χ4v) is 4.59. The second-order valence-corrected chi connectivity index (χ2v) is 6.22. The van der Waals surface area contributed by atoms with Crippen LogP contribution in [0.15, 0.2) is 12.2 Å². The predicted molar refractivity (Wildman–Crippen MR) is 65.0 cm³/mol. The van der Waals surface area contributed by atoms with Crippen LogP contribution in [0.2, 0.25) is 0 Å². The Hall–Kier alpha value is -0.590. The summed E-state index contributed by atoms with van der Waals surface area (Å²) in [6.07, 6.45) is 13.2. The highest BCUT2D eigenvalue weighted by molar-refractivity contribution is 5.83. The average Bonchev–Trinajstić information content (AvgIpc) is 2.29. The van der Waals surface area contributed by atoms with E-state index in [2.05, 4.69) is 19.1 Å². The van der Waals surface area contributed by atoms with E-state index in [0.717, 1.165) is 25.2 Å². The van der Waals surface area contributed by atoms with Gasteiger partial charge in [-0.2, -0.15) is 0 Å². The molecule has 0 N–H and O–H groups in total. The molecule has 0 saturated heterocycles. The lowest BCUT2D eigenvalue weighted by Gasteiger charge is -2.52. The largest absolute Gasteiger partial charge is 0.299 e. The van der Waals surface area contributed by atoms with Crippen LogP contribution in [0.25, 0.3) is 0 Å². The topological polar surface area (TPSA) is 17.1 Å². The smallest absolute Gasteiger partial charge is 0.137 e. The highest BCUT2D eigenvalue weighted by Crippen LogP contribution is 2.55. The van der Waals surface area contributed by atoms with Crippen LogP contribution in [0.3, 0.4) is 0 Å². The van der Waals surface area contributed by atoms with Gasteiger partial charge in [-0.25, -0.2) is 0 Å². The van der Waals surface area contributed by atoms with Gasteiger partial charge in [-0.1, -0.05) is 31.9 Å². The number of carbonyl (C=O) groups is 1. The van der Waals surface area contributed by atoms with Gasteiger partial charge in [0.1, 0.15) is 5.78 Å². The first-order valence-corrected chi connectivity index (χ1v) is 6.92. The highest BCUT2D eigenvalue weighted by atomic mass is 16.1. The first-order chi connectivity index (χ1) is 7.72. The Morgan fingerprint density at radius 2 is 2.06 bits per heavy atom. The van der Waals surface area contributed by atoms with Crippen molar-refractivity contribution >= 4 is 5.78 Å². The predicted octanol–water partition coefficient (Wildman–Crippen LogP) is 3.74. The van der Waals surface area contributed by atoms with Crippen molar-refractivity contribution in [1.29, 1.82) is 0 Å². The molecular formula is C15H22O. The highest BCUT2D eigenvalue weighted by Gasteiger charge is 2.51. The fraction of sp³-hybridized carbons (Fsp3) is 0.800. The van der Waals surface area contributed by atoms with Gasteiger partial charge in [0.25, 0.3) is 0 Å². The zero-order valence-corrected chi connectivity index (χ0v) is 10.2. The minimum Gasteiger partial charge on any atom is -0.299 e. The van der Waals surface area contributed by atoms with Crippen molar-refractivity contribution in [2.75, 3.05) is 0 Å². The van der Waals surface area contributed by atoms with Gasteiger partial charge in [-0.3, -0.25) is 4.79 Å². The molecule has 0 heterocycles. The Bertz CT molecular complexity index is 330. The van der Waals surface area contributed by atoms with E-state index >= 15 is 0 Å². The van der Waals surface area contributed by atoms with Gasteiger partial charge < -0.3 is 0 Å². The second-order valence-electron chi connectivity index (χ2n) is 6.22. The van der Waals surface area contributed by atoms with Crippen molar-refractivity contribution in [3.63, 3.8) is 0 Å². The maximum atomic E-state index is 12.3. The maximum Gasteiger partial charge on any atom is 0.137 e. The van der Waals surface area contributed by atoms with Crippen molar-refractivity contribution in [3.8, 4) is 0 Å². The summed E-state index contributed by atoms with van der Waals surface area (Å²) in [5.74, 6) is 2.40. The third-order valence-electron chi connectivity index (χ3n) is 5.41. The van der Waals surface area contributed by atoms with E-state index in [-0.39, 0.29) is 5.41 Å². The van der Waals surface area contributed by atoms with Gasteiger partial charge in [0.15, 0.2) is 0 Å². The van der Waals surface area contributed by atoms with E-state index in [1.54, 1.807) is 0 Å². The summed E-state index contributed by atoms with van der Waals surface area (Å²) in [7, 11) is 0. The quantitative estimate of drug-likeness (QED) is 0.566. The lowest BCUT2D eigenvalue weighted by atomic mass is 9.51. The van der Waals surface area contributed by atoms with E-state index < -0.39 is 0 Å². The number of ketones is 1. The summed E-state index contributed by atoms with van der Waals surface area (Å²) < 4.78 is 0. The van der Waals surface area contributed by atoms with Crippen LogP contribution in [0, 0.1) is 23.2 Å². The zero-order valence-electron chi connectivity index (χ0n) is 10.2. The summed E-state index contributed by atoms with van der Waals surface area (Å²) >= 11 is 0. The normalized spacial score (nSPS) is 47.3. The summed E-state index contributed by atoms with van der Waals surface area (Å²) in [4.78, 5) is 12.3. The van der Waals surface area contributed by atoms with Crippen molar-refractivity contribution in [2.24, 2.45) is 23.2 Å². The number of hydrogen-bond donors (Lipinski definition) is 0. The minimum absolute atomic E-state index is 0.207. The number of rotatable bonds is 0. The monoisotopic (exact) mass is 218 g/mol. The minimum atomic E-state index is 0.207. The first-order valence-electron chi connectivity index (χ1n) is 6.92. The van der Waals surface area contributed by atoms with Crippen molar-refractivity contribution in [2.45, 2.75) is 51.9 Å². The summed E-state index contributed by atoms with van der Waals surface area (Å²) in [6.45, 7) is 2.35. The van der Waals surface area contributed by atoms with Gasteiger partial charge >= 0.3 is 0 Å². The van der Waals surface area contributed by atoms with E-state index in [1.807, 2.05) is 0 Å². The summed E-state index contributed by atoms with van der Waals surface area (Å²) in [5.41, 5.74) is 0.207. The SMILES string of the molecule is C[C@@]12C=CCC[C@H]1C(=O)C[C@H]1CCCC[C@@H]12. The molecule has 88 valence electrons. The summed E-state index contributed by atoms with van der Waals surface area (Å²) in [6, 6.07) is 0. The van der Waals surface area contributed by atoms with Gasteiger partial charge in [-0.15, -0.1) is 0 Å².